The lowest BCUT2D eigenvalue weighted by Crippen LogP contribution is -2.37. The second-order valence-corrected chi connectivity index (χ2v) is 9.10. The summed E-state index contributed by atoms with van der Waals surface area (Å²) >= 11 is 6.30. The number of aliphatic hydroxyl groups excluding tert-OH is 2. The third-order valence-electron chi connectivity index (χ3n) is 6.17. The number of carbonyl (C=O) groups excluding carboxylic acids is 1. The van der Waals surface area contributed by atoms with E-state index in [0.29, 0.717) is 19.6 Å². The lowest BCUT2D eigenvalue weighted by molar-refractivity contribution is -0.141. The van der Waals surface area contributed by atoms with Crippen molar-refractivity contribution in [2.45, 2.75) is 44.2 Å². The van der Waals surface area contributed by atoms with Crippen LogP contribution in [0.4, 0.5) is 22.0 Å². The molecule has 0 radical (unpaired) electrons. The highest BCUT2D eigenvalue weighted by atomic mass is 35.5. The summed E-state index contributed by atoms with van der Waals surface area (Å²) in [6.45, 7) is 0.894. The van der Waals surface area contributed by atoms with Crippen LogP contribution in [0.1, 0.15) is 47.4 Å². The zero-order chi connectivity index (χ0) is 25.8. The number of nitrogens with zero attached hydrogens (tertiary/aromatic N) is 3. The Balaban J connectivity index is 1.82. The fourth-order valence-corrected chi connectivity index (χ4v) is 4.66. The number of aliphatic hydroxyl groups is 2. The van der Waals surface area contributed by atoms with Crippen LogP contribution in [-0.2, 0) is 12.6 Å². The van der Waals surface area contributed by atoms with Crippen LogP contribution in [0, 0.1) is 5.92 Å². The third-order valence-corrected chi connectivity index (χ3v) is 6.45. The summed E-state index contributed by atoms with van der Waals surface area (Å²) in [5.41, 5.74) is -1.49. The summed E-state index contributed by atoms with van der Waals surface area (Å²) in [7, 11) is 0. The summed E-state index contributed by atoms with van der Waals surface area (Å²) in [6.07, 6.45) is -5.44. The summed E-state index contributed by atoms with van der Waals surface area (Å²) < 4.78 is 69.4. The number of hydrogen-bond acceptors (Lipinski definition) is 5. The van der Waals surface area contributed by atoms with Crippen molar-refractivity contribution in [3.63, 3.8) is 0 Å². The van der Waals surface area contributed by atoms with Crippen molar-refractivity contribution >= 4 is 23.2 Å². The Hall–Kier alpha value is -2.02. The first-order valence-electron chi connectivity index (χ1n) is 11.3. The first-order chi connectivity index (χ1) is 16.4. The number of nitrogens with one attached hydrogen (secondary N) is 1. The lowest BCUT2D eigenvalue weighted by atomic mass is 9.83. The number of fused-ring (bicyclic) bond motifs is 1. The van der Waals surface area contributed by atoms with Crippen molar-refractivity contribution in [1.29, 1.82) is 0 Å². The number of carbonyl (C=O) groups is 1. The van der Waals surface area contributed by atoms with Gasteiger partial charge in [0.15, 0.2) is 5.69 Å². The van der Waals surface area contributed by atoms with Crippen molar-refractivity contribution in [3.05, 3.63) is 34.2 Å². The van der Waals surface area contributed by atoms with Gasteiger partial charge in [0.05, 0.1) is 18.9 Å². The molecule has 196 valence electrons. The van der Waals surface area contributed by atoms with Gasteiger partial charge >= 0.3 is 6.18 Å². The van der Waals surface area contributed by atoms with Gasteiger partial charge in [0.2, 0.25) is 5.92 Å². The van der Waals surface area contributed by atoms with Gasteiger partial charge in [-0.15, -0.1) is 0 Å². The van der Waals surface area contributed by atoms with Gasteiger partial charge in [-0.3, -0.25) is 14.1 Å². The van der Waals surface area contributed by atoms with E-state index in [9.17, 15) is 26.7 Å². The first kappa shape index (κ1) is 27.6. The Labute approximate surface area is 203 Å². The van der Waals surface area contributed by atoms with E-state index in [4.69, 9.17) is 21.8 Å². The van der Waals surface area contributed by atoms with Crippen LogP contribution in [0.3, 0.4) is 0 Å². The second kappa shape index (κ2) is 11.4. The molecule has 7 nitrogen and oxygen atoms in total. The Kier molecular flexibility index (Phi) is 8.95. The maximum Gasteiger partial charge on any atom is 0.435 e. The average Bonchev–Trinajstić information content (AvgIpc) is 3.15. The molecule has 0 saturated heterocycles. The van der Waals surface area contributed by atoms with Crippen molar-refractivity contribution in [3.8, 4) is 0 Å². The fourth-order valence-electron chi connectivity index (χ4n) is 4.35. The van der Waals surface area contributed by atoms with Crippen molar-refractivity contribution in [1.82, 2.24) is 19.6 Å². The van der Waals surface area contributed by atoms with E-state index in [1.807, 2.05) is 0 Å². The molecule has 0 atom stereocenters. The molecule has 1 amide bonds. The molecule has 1 saturated carbocycles. The van der Waals surface area contributed by atoms with Gasteiger partial charge in [0.1, 0.15) is 10.8 Å². The molecule has 0 unspecified atom stereocenters. The quantitative estimate of drug-likeness (QED) is 0.326. The van der Waals surface area contributed by atoms with Gasteiger partial charge in [0, 0.05) is 44.6 Å². The highest BCUT2D eigenvalue weighted by Gasteiger charge is 2.40. The zero-order valence-corrected chi connectivity index (χ0v) is 19.7. The number of aromatic nitrogens is 2. The Morgan fingerprint density at radius 2 is 1.80 bits per heavy atom. The molecular weight excluding hydrogens is 499 g/mol. The van der Waals surface area contributed by atoms with Gasteiger partial charge in [0.25, 0.3) is 5.91 Å². The Bertz CT molecular complexity index is 1010. The van der Waals surface area contributed by atoms with Crippen molar-refractivity contribution < 1.29 is 37.0 Å². The minimum absolute atomic E-state index is 0.0148. The Morgan fingerprint density at radius 3 is 2.37 bits per heavy atom. The third kappa shape index (κ3) is 7.02. The molecular formula is C22H28ClF5N4O3. The van der Waals surface area contributed by atoms with Crippen LogP contribution >= 0.6 is 11.6 Å². The molecule has 2 aromatic rings. The standard InChI is InChI=1S/C22H28ClF5N4O3/c23-17-12-15(20(35)29-5-6-31(7-9-33)8-10-34)13-18-30-19(22(26,27)28)16(32(17)18)11-14-1-3-21(24,25)4-2-14/h12-14,33-34H,1-11H2,(H,29,35). The van der Waals surface area contributed by atoms with E-state index in [-0.39, 0.29) is 79.8 Å². The summed E-state index contributed by atoms with van der Waals surface area (Å²) in [6, 6.07) is 2.44. The van der Waals surface area contributed by atoms with Crippen LogP contribution in [0.15, 0.2) is 12.1 Å². The normalized spacial score (nSPS) is 16.8. The first-order valence-corrected chi connectivity index (χ1v) is 11.7. The zero-order valence-electron chi connectivity index (χ0n) is 18.9. The van der Waals surface area contributed by atoms with E-state index in [1.54, 1.807) is 4.90 Å². The predicted molar refractivity (Wildman–Crippen MR) is 119 cm³/mol. The smallest absolute Gasteiger partial charge is 0.395 e. The molecule has 1 fully saturated rings. The van der Waals surface area contributed by atoms with Gasteiger partial charge < -0.3 is 15.5 Å². The van der Waals surface area contributed by atoms with Crippen LogP contribution in [0.5, 0.6) is 0 Å². The summed E-state index contributed by atoms with van der Waals surface area (Å²) in [4.78, 5) is 18.0. The van der Waals surface area contributed by atoms with E-state index < -0.39 is 23.7 Å². The lowest BCUT2D eigenvalue weighted by Gasteiger charge is -2.28. The minimum Gasteiger partial charge on any atom is -0.395 e. The van der Waals surface area contributed by atoms with E-state index in [2.05, 4.69) is 10.3 Å². The molecule has 0 bridgehead atoms. The van der Waals surface area contributed by atoms with Crippen molar-refractivity contribution in [2.24, 2.45) is 5.92 Å². The maximum absolute atomic E-state index is 13.8. The number of amides is 1. The molecule has 1 aliphatic rings. The monoisotopic (exact) mass is 526 g/mol. The second-order valence-electron chi connectivity index (χ2n) is 8.71. The number of alkyl halides is 5. The number of pyridine rings is 1. The largest absolute Gasteiger partial charge is 0.435 e. The molecule has 3 N–H and O–H groups in total. The van der Waals surface area contributed by atoms with Crippen LogP contribution in [-0.4, -0.2) is 75.7 Å². The summed E-state index contributed by atoms with van der Waals surface area (Å²) in [5, 5.41) is 20.6. The van der Waals surface area contributed by atoms with Gasteiger partial charge in [-0.25, -0.2) is 13.8 Å². The molecule has 35 heavy (non-hydrogen) atoms. The van der Waals surface area contributed by atoms with Crippen molar-refractivity contribution in [2.75, 3.05) is 39.4 Å². The fraction of sp³-hybridized carbons (Fsp3) is 0.636. The predicted octanol–water partition coefficient (Wildman–Crippen LogP) is 3.39. The highest BCUT2D eigenvalue weighted by molar-refractivity contribution is 6.30. The van der Waals surface area contributed by atoms with Crippen LogP contribution in [0.25, 0.3) is 5.65 Å². The molecule has 13 heteroatoms. The minimum atomic E-state index is -4.78. The van der Waals surface area contributed by atoms with Crippen LogP contribution in [0.2, 0.25) is 5.15 Å². The van der Waals surface area contributed by atoms with Crippen LogP contribution < -0.4 is 5.32 Å². The number of imidazole rings is 1. The average molecular weight is 527 g/mol. The number of hydrogen-bond donors (Lipinski definition) is 3. The molecule has 3 rings (SSSR count). The number of halogens is 6. The van der Waals surface area contributed by atoms with Gasteiger partial charge in [-0.2, -0.15) is 13.2 Å². The van der Waals surface area contributed by atoms with E-state index in [0.717, 1.165) is 4.40 Å². The van der Waals surface area contributed by atoms with Gasteiger partial charge in [-0.1, -0.05) is 11.6 Å². The van der Waals surface area contributed by atoms with Gasteiger partial charge in [-0.05, 0) is 37.3 Å². The van der Waals surface area contributed by atoms with E-state index in [1.165, 1.54) is 12.1 Å². The maximum atomic E-state index is 13.8. The Morgan fingerprint density at radius 1 is 1.17 bits per heavy atom. The number of rotatable bonds is 10. The molecule has 0 aromatic carbocycles. The molecule has 1 aliphatic carbocycles. The topological polar surface area (TPSA) is 90.1 Å². The molecule has 2 aromatic heterocycles. The molecule has 2 heterocycles. The summed E-state index contributed by atoms with van der Waals surface area (Å²) in [5.74, 6) is -3.74. The molecule has 0 aliphatic heterocycles. The molecule has 0 spiro atoms. The van der Waals surface area contributed by atoms with E-state index >= 15 is 0 Å². The SMILES string of the molecule is O=C(NCCN(CCO)CCO)c1cc(Cl)n2c(CC3CCC(F)(F)CC3)c(C(F)(F)F)nc2c1. The highest BCUT2D eigenvalue weighted by Crippen LogP contribution is 2.40.